The van der Waals surface area contributed by atoms with Crippen molar-refractivity contribution in [2.75, 3.05) is 25.0 Å². The number of H-pyrrole nitrogens is 2. The Morgan fingerprint density at radius 2 is 2.20 bits per heavy atom. The Bertz CT molecular complexity index is 1250. The van der Waals surface area contributed by atoms with Gasteiger partial charge in [0.15, 0.2) is 0 Å². The molecule has 0 saturated carbocycles. The topological polar surface area (TPSA) is 102 Å². The molecule has 152 valence electrons. The molecule has 4 aromatic rings. The van der Waals surface area contributed by atoms with E-state index in [9.17, 15) is 4.79 Å². The van der Waals surface area contributed by atoms with Crippen LogP contribution in [-0.2, 0) is 0 Å². The number of aromatic amines is 2. The number of hydrogen-bond acceptors (Lipinski definition) is 4. The molecule has 0 aliphatic carbocycles. The SMILES string of the molecule is CCNC(=O)N1CC=C(c2cc3c(Nc4ccc5[nH]ncc5c4)ccnc3[nH]2)CC1. The van der Waals surface area contributed by atoms with Crippen molar-refractivity contribution in [2.24, 2.45) is 0 Å². The van der Waals surface area contributed by atoms with Crippen molar-refractivity contribution in [1.82, 2.24) is 30.4 Å². The second-order valence-electron chi connectivity index (χ2n) is 7.36. The Kier molecular flexibility index (Phi) is 4.59. The van der Waals surface area contributed by atoms with Crippen molar-refractivity contribution in [2.45, 2.75) is 13.3 Å². The van der Waals surface area contributed by atoms with Gasteiger partial charge in [-0.15, -0.1) is 0 Å². The Hall–Kier alpha value is -3.81. The second kappa shape index (κ2) is 7.55. The Labute approximate surface area is 173 Å². The molecule has 0 radical (unpaired) electrons. The van der Waals surface area contributed by atoms with Gasteiger partial charge in [0.05, 0.1) is 17.4 Å². The molecule has 0 spiro atoms. The molecule has 5 rings (SSSR count). The molecule has 1 aliphatic heterocycles. The van der Waals surface area contributed by atoms with Crippen molar-refractivity contribution in [3.8, 4) is 0 Å². The highest BCUT2D eigenvalue weighted by molar-refractivity contribution is 5.95. The van der Waals surface area contributed by atoms with Gasteiger partial charge in [0.25, 0.3) is 0 Å². The minimum atomic E-state index is -0.00723. The maximum atomic E-state index is 12.0. The van der Waals surface area contributed by atoms with Crippen LogP contribution in [0, 0.1) is 0 Å². The number of anilines is 2. The summed E-state index contributed by atoms with van der Waals surface area (Å²) in [7, 11) is 0. The van der Waals surface area contributed by atoms with Gasteiger partial charge >= 0.3 is 6.03 Å². The number of aromatic nitrogens is 4. The summed E-state index contributed by atoms with van der Waals surface area (Å²) in [4.78, 5) is 21.8. The monoisotopic (exact) mass is 401 g/mol. The number of carbonyl (C=O) groups is 1. The van der Waals surface area contributed by atoms with Gasteiger partial charge in [-0.25, -0.2) is 9.78 Å². The predicted molar refractivity (Wildman–Crippen MR) is 119 cm³/mol. The standard InChI is InChI=1S/C22H23N7O/c1-2-23-22(30)29-9-6-14(7-10-29)20-12-17-19(5-8-24-21(17)27-20)26-16-3-4-18-15(11-16)13-25-28-18/h3-6,8,11-13H,2,7,9-10H2,1H3,(H,23,30)(H,25,28)(H2,24,26,27). The molecule has 4 N–H and O–H groups in total. The molecule has 1 aliphatic rings. The third-order valence-electron chi connectivity index (χ3n) is 5.42. The molecular weight excluding hydrogens is 378 g/mol. The average molecular weight is 401 g/mol. The molecule has 0 bridgehead atoms. The minimum Gasteiger partial charge on any atom is -0.355 e. The number of nitrogens with zero attached hydrogens (tertiary/aromatic N) is 3. The van der Waals surface area contributed by atoms with Crippen LogP contribution in [0.4, 0.5) is 16.2 Å². The Morgan fingerprint density at radius 3 is 3.03 bits per heavy atom. The molecule has 0 atom stereocenters. The van der Waals surface area contributed by atoms with Gasteiger partial charge in [0, 0.05) is 48.0 Å². The summed E-state index contributed by atoms with van der Waals surface area (Å²) < 4.78 is 0. The number of amides is 2. The number of rotatable bonds is 4. The first-order valence-electron chi connectivity index (χ1n) is 10.1. The molecule has 0 fully saturated rings. The summed E-state index contributed by atoms with van der Waals surface area (Å²) in [6.07, 6.45) is 6.54. The van der Waals surface area contributed by atoms with Crippen LogP contribution in [0.1, 0.15) is 19.0 Å². The number of benzene rings is 1. The maximum Gasteiger partial charge on any atom is 0.317 e. The lowest BCUT2D eigenvalue weighted by Gasteiger charge is -2.26. The first-order valence-corrected chi connectivity index (χ1v) is 10.1. The lowest BCUT2D eigenvalue weighted by molar-refractivity contribution is 0.203. The van der Waals surface area contributed by atoms with Gasteiger partial charge in [-0.1, -0.05) is 6.08 Å². The fourth-order valence-electron chi connectivity index (χ4n) is 3.85. The Morgan fingerprint density at radius 1 is 1.27 bits per heavy atom. The summed E-state index contributed by atoms with van der Waals surface area (Å²) in [5.74, 6) is 0. The third kappa shape index (κ3) is 3.36. The van der Waals surface area contributed by atoms with Crippen LogP contribution < -0.4 is 10.6 Å². The second-order valence-corrected chi connectivity index (χ2v) is 7.36. The highest BCUT2D eigenvalue weighted by Crippen LogP contribution is 2.31. The summed E-state index contributed by atoms with van der Waals surface area (Å²) in [5, 5.41) is 15.5. The molecule has 2 amide bonds. The van der Waals surface area contributed by atoms with E-state index >= 15 is 0 Å². The first-order chi connectivity index (χ1) is 14.7. The molecule has 8 nitrogen and oxygen atoms in total. The van der Waals surface area contributed by atoms with Gasteiger partial charge in [-0.3, -0.25) is 5.10 Å². The summed E-state index contributed by atoms with van der Waals surface area (Å²) in [6.45, 7) is 3.89. The lowest BCUT2D eigenvalue weighted by atomic mass is 10.0. The zero-order valence-electron chi connectivity index (χ0n) is 16.7. The van der Waals surface area contributed by atoms with E-state index in [-0.39, 0.29) is 6.03 Å². The van der Waals surface area contributed by atoms with Gasteiger partial charge in [0.1, 0.15) is 5.65 Å². The van der Waals surface area contributed by atoms with Gasteiger partial charge in [0.2, 0.25) is 0 Å². The molecule has 1 aromatic carbocycles. The van der Waals surface area contributed by atoms with E-state index in [1.165, 1.54) is 5.57 Å². The van der Waals surface area contributed by atoms with Crippen LogP contribution in [0.5, 0.6) is 0 Å². The van der Waals surface area contributed by atoms with Crippen LogP contribution >= 0.6 is 0 Å². The van der Waals surface area contributed by atoms with E-state index in [0.717, 1.165) is 45.4 Å². The normalized spacial score (nSPS) is 14.2. The number of fused-ring (bicyclic) bond motifs is 2. The number of nitrogens with one attached hydrogen (secondary N) is 4. The number of pyridine rings is 1. The van der Waals surface area contributed by atoms with Crippen molar-refractivity contribution in [1.29, 1.82) is 0 Å². The van der Waals surface area contributed by atoms with Crippen LogP contribution in [0.3, 0.4) is 0 Å². The van der Waals surface area contributed by atoms with Crippen molar-refractivity contribution < 1.29 is 4.79 Å². The summed E-state index contributed by atoms with van der Waals surface area (Å²) in [6, 6.07) is 10.2. The first kappa shape index (κ1) is 18.2. The fourth-order valence-corrected chi connectivity index (χ4v) is 3.85. The molecule has 0 unspecified atom stereocenters. The van der Waals surface area contributed by atoms with Crippen molar-refractivity contribution in [3.63, 3.8) is 0 Å². The third-order valence-corrected chi connectivity index (χ3v) is 5.42. The summed E-state index contributed by atoms with van der Waals surface area (Å²) in [5.41, 5.74) is 6.09. The zero-order chi connectivity index (χ0) is 20.5. The quantitative estimate of drug-likeness (QED) is 0.415. The average Bonchev–Trinajstić information content (AvgIpc) is 3.41. The van der Waals surface area contributed by atoms with E-state index in [2.05, 4.69) is 49.0 Å². The lowest BCUT2D eigenvalue weighted by Crippen LogP contribution is -2.41. The van der Waals surface area contributed by atoms with E-state index in [4.69, 9.17) is 0 Å². The number of carbonyl (C=O) groups excluding carboxylic acids is 1. The zero-order valence-corrected chi connectivity index (χ0v) is 16.7. The van der Waals surface area contributed by atoms with Crippen LogP contribution in [0.15, 0.2) is 48.8 Å². The van der Waals surface area contributed by atoms with Crippen LogP contribution in [-0.4, -0.2) is 50.7 Å². The molecule has 8 heteroatoms. The molecule has 4 heterocycles. The fraction of sp³-hybridized carbons (Fsp3) is 0.227. The van der Waals surface area contributed by atoms with Gasteiger partial charge in [-0.2, -0.15) is 5.10 Å². The molecule has 30 heavy (non-hydrogen) atoms. The number of hydrogen-bond donors (Lipinski definition) is 4. The summed E-state index contributed by atoms with van der Waals surface area (Å²) >= 11 is 0. The van der Waals surface area contributed by atoms with Crippen molar-refractivity contribution >= 4 is 44.9 Å². The van der Waals surface area contributed by atoms with E-state index in [1.807, 2.05) is 36.2 Å². The largest absolute Gasteiger partial charge is 0.355 e. The van der Waals surface area contributed by atoms with E-state index < -0.39 is 0 Å². The molecule has 3 aromatic heterocycles. The van der Waals surface area contributed by atoms with Crippen molar-refractivity contribution in [3.05, 3.63) is 54.5 Å². The smallest absolute Gasteiger partial charge is 0.317 e. The van der Waals surface area contributed by atoms with Crippen LogP contribution in [0.25, 0.3) is 27.5 Å². The van der Waals surface area contributed by atoms with Crippen LogP contribution in [0.2, 0.25) is 0 Å². The Balaban J connectivity index is 1.40. The molecule has 0 saturated heterocycles. The van der Waals surface area contributed by atoms with E-state index in [1.54, 1.807) is 6.20 Å². The van der Waals surface area contributed by atoms with Gasteiger partial charge in [-0.05, 0) is 49.2 Å². The van der Waals surface area contributed by atoms with Gasteiger partial charge < -0.3 is 20.5 Å². The molecular formula is C22H23N7O. The minimum absolute atomic E-state index is 0.00723. The highest BCUT2D eigenvalue weighted by Gasteiger charge is 2.19. The highest BCUT2D eigenvalue weighted by atomic mass is 16.2. The number of urea groups is 1. The maximum absolute atomic E-state index is 12.0. The van der Waals surface area contributed by atoms with E-state index in [0.29, 0.717) is 19.6 Å². The predicted octanol–water partition coefficient (Wildman–Crippen LogP) is 4.00.